The number of pyridine rings is 1. The molecule has 1 amide bonds. The summed E-state index contributed by atoms with van der Waals surface area (Å²) in [5, 5.41) is 9.71. The normalized spacial score (nSPS) is 17.0. The molecule has 1 aromatic heterocycles. The molecule has 0 saturated carbocycles. The molecule has 0 radical (unpaired) electrons. The third-order valence-electron chi connectivity index (χ3n) is 8.00. The van der Waals surface area contributed by atoms with Crippen molar-refractivity contribution in [2.24, 2.45) is 5.73 Å². The Morgan fingerprint density at radius 1 is 1.27 bits per heavy atom. The Morgan fingerprint density at radius 2 is 2.05 bits per heavy atom. The first kappa shape index (κ1) is 28.4. The molecule has 218 valence electrons. The zero-order chi connectivity index (χ0) is 29.4. The molecule has 1 saturated heterocycles. The van der Waals surface area contributed by atoms with E-state index in [9.17, 15) is 19.5 Å². The lowest BCUT2D eigenvalue weighted by Crippen LogP contribution is -2.27. The Bertz CT molecular complexity index is 1590. The Morgan fingerprint density at radius 3 is 2.71 bits per heavy atom. The molecule has 0 bridgehead atoms. The van der Waals surface area contributed by atoms with Crippen LogP contribution >= 0.6 is 0 Å². The molecule has 2 aliphatic rings. The van der Waals surface area contributed by atoms with E-state index in [1.54, 1.807) is 9.47 Å². The number of aryl methyl sites for hydroxylation is 3. The molecule has 10 nitrogen and oxygen atoms in total. The Labute approximate surface area is 237 Å². The average Bonchev–Trinajstić information content (AvgIpc) is 3.21. The minimum absolute atomic E-state index is 0.0206. The number of rotatable bonds is 8. The van der Waals surface area contributed by atoms with Gasteiger partial charge in [0.1, 0.15) is 17.4 Å². The number of carbonyl (C=O) groups is 2. The van der Waals surface area contributed by atoms with E-state index in [-0.39, 0.29) is 35.0 Å². The summed E-state index contributed by atoms with van der Waals surface area (Å²) < 4.78 is 29.1. The van der Waals surface area contributed by atoms with Crippen molar-refractivity contribution in [1.82, 2.24) is 4.57 Å². The average molecular weight is 567 g/mol. The maximum atomic E-state index is 16.3. The Kier molecular flexibility index (Phi) is 7.90. The van der Waals surface area contributed by atoms with E-state index in [0.717, 1.165) is 36.1 Å². The minimum Gasteiger partial charge on any atom is -0.492 e. The number of amides is 1. The number of aromatic nitrogens is 1. The molecule has 3 aromatic rings. The number of aromatic carboxylic acids is 1. The highest BCUT2D eigenvalue weighted by Crippen LogP contribution is 2.42. The number of hydrogen-bond acceptors (Lipinski definition) is 7. The Hall–Kier alpha value is -4.12. The summed E-state index contributed by atoms with van der Waals surface area (Å²) in [5.41, 5.74) is 8.06. The van der Waals surface area contributed by atoms with Crippen molar-refractivity contribution in [3.05, 3.63) is 62.7 Å². The fourth-order valence-electron chi connectivity index (χ4n) is 5.85. The molecule has 2 aliphatic heterocycles. The number of carboxylic acids is 1. The molecular formula is C30H35FN4O6. The van der Waals surface area contributed by atoms with E-state index < -0.39 is 28.9 Å². The van der Waals surface area contributed by atoms with Crippen LogP contribution in [-0.2, 0) is 24.2 Å². The van der Waals surface area contributed by atoms with Gasteiger partial charge in [0.05, 0.1) is 24.6 Å². The van der Waals surface area contributed by atoms with Crippen LogP contribution in [0.1, 0.15) is 53.2 Å². The number of carboxylic acid groups (broad SMARTS) is 1. The summed E-state index contributed by atoms with van der Waals surface area (Å²) >= 11 is 0. The third kappa shape index (κ3) is 4.99. The van der Waals surface area contributed by atoms with Crippen LogP contribution in [0.5, 0.6) is 5.75 Å². The topological polar surface area (TPSA) is 127 Å². The number of methoxy groups -OCH3 is 1. The Balaban J connectivity index is 1.61. The van der Waals surface area contributed by atoms with Gasteiger partial charge in [-0.05, 0) is 49.4 Å². The lowest BCUT2D eigenvalue weighted by Gasteiger charge is -2.28. The van der Waals surface area contributed by atoms with Crippen molar-refractivity contribution >= 4 is 34.3 Å². The second-order valence-corrected chi connectivity index (χ2v) is 10.6. The lowest BCUT2D eigenvalue weighted by molar-refractivity contribution is 0.0694. The van der Waals surface area contributed by atoms with Gasteiger partial charge in [-0.1, -0.05) is 19.4 Å². The van der Waals surface area contributed by atoms with Crippen molar-refractivity contribution in [3.8, 4) is 5.75 Å². The van der Waals surface area contributed by atoms with E-state index in [0.29, 0.717) is 38.1 Å². The molecule has 1 atom stereocenters. The number of carbonyl (C=O) groups excluding carboxylic acids is 1. The molecule has 3 N–H and O–H groups in total. The number of benzene rings is 2. The van der Waals surface area contributed by atoms with Gasteiger partial charge in [0, 0.05) is 43.6 Å². The van der Waals surface area contributed by atoms with Crippen molar-refractivity contribution in [1.29, 1.82) is 0 Å². The van der Waals surface area contributed by atoms with Crippen molar-refractivity contribution in [2.45, 2.75) is 58.7 Å². The van der Waals surface area contributed by atoms with Crippen LogP contribution in [-0.4, -0.2) is 54.6 Å². The predicted molar refractivity (Wildman–Crippen MR) is 154 cm³/mol. The van der Waals surface area contributed by atoms with Gasteiger partial charge in [0.2, 0.25) is 5.43 Å². The van der Waals surface area contributed by atoms with Gasteiger partial charge in [0.25, 0.3) is 0 Å². The summed E-state index contributed by atoms with van der Waals surface area (Å²) in [7, 11) is 1.44. The van der Waals surface area contributed by atoms with E-state index in [1.807, 2.05) is 30.0 Å². The lowest BCUT2D eigenvalue weighted by atomic mass is 10.0. The molecule has 1 unspecified atom stereocenters. The highest BCUT2D eigenvalue weighted by atomic mass is 19.1. The van der Waals surface area contributed by atoms with Gasteiger partial charge in [-0.2, -0.15) is 0 Å². The van der Waals surface area contributed by atoms with E-state index in [2.05, 4.69) is 0 Å². The van der Waals surface area contributed by atoms with Crippen LogP contribution < -0.4 is 25.7 Å². The summed E-state index contributed by atoms with van der Waals surface area (Å²) in [5.74, 6) is -1.75. The molecule has 5 rings (SSSR count). The first-order valence-corrected chi connectivity index (χ1v) is 13.9. The number of hydrogen-bond donors (Lipinski definition) is 2. The van der Waals surface area contributed by atoms with Crippen molar-refractivity contribution in [2.75, 3.05) is 36.5 Å². The van der Waals surface area contributed by atoms with Crippen LogP contribution in [0.15, 0.2) is 29.2 Å². The number of cyclic esters (lactones) is 1. The van der Waals surface area contributed by atoms with E-state index >= 15 is 4.39 Å². The number of unbranched alkanes of at least 4 members (excludes halogenated alkanes) is 1. The first-order chi connectivity index (χ1) is 19.7. The van der Waals surface area contributed by atoms with Crippen LogP contribution in [0.25, 0.3) is 10.9 Å². The molecule has 2 aromatic carbocycles. The number of nitrogens with two attached hydrogens (primary N) is 1. The van der Waals surface area contributed by atoms with Crippen LogP contribution in [0, 0.1) is 12.7 Å². The van der Waals surface area contributed by atoms with Crippen molar-refractivity contribution in [3.63, 3.8) is 0 Å². The first-order valence-electron chi connectivity index (χ1n) is 13.9. The quantitative estimate of drug-likeness (QED) is 0.416. The molecule has 0 aliphatic carbocycles. The van der Waals surface area contributed by atoms with Gasteiger partial charge >= 0.3 is 12.1 Å². The van der Waals surface area contributed by atoms with Crippen LogP contribution in [0.3, 0.4) is 0 Å². The molecule has 11 heteroatoms. The summed E-state index contributed by atoms with van der Waals surface area (Å²) in [6.45, 7) is 5.53. The summed E-state index contributed by atoms with van der Waals surface area (Å²) in [4.78, 5) is 41.0. The third-order valence-corrected chi connectivity index (χ3v) is 8.00. The number of fused-ring (bicyclic) bond motifs is 2. The standard InChI is InChI=1S/C30H35FN4O6/c1-4-5-10-34-16-22(29(37)38)27(36)23-17(2)24(31)26(28(40-3)25(23)34)33-11-6-7-18-12-20(9-8-19(18)14-33)35-15-21(13-32)41-30(35)39/h8-9,12,16,21H,4-7,10-11,13-15,32H2,1-3H3,(H,37,38). The maximum Gasteiger partial charge on any atom is 0.414 e. The number of anilines is 2. The largest absolute Gasteiger partial charge is 0.492 e. The number of ether oxygens (including phenoxy) is 2. The molecule has 0 spiro atoms. The number of nitrogens with zero attached hydrogens (tertiary/aromatic N) is 3. The molecule has 3 heterocycles. The highest BCUT2D eigenvalue weighted by Gasteiger charge is 2.33. The fourth-order valence-corrected chi connectivity index (χ4v) is 5.85. The SMILES string of the molecule is CCCCn1cc(C(=O)O)c(=O)c2c(C)c(F)c(N3CCCc4cc(N5CC(CN)OC5=O)ccc4C3)c(OC)c21. The monoisotopic (exact) mass is 566 g/mol. The summed E-state index contributed by atoms with van der Waals surface area (Å²) in [6.07, 6.45) is 3.60. The minimum atomic E-state index is -1.35. The smallest absolute Gasteiger partial charge is 0.414 e. The summed E-state index contributed by atoms with van der Waals surface area (Å²) in [6, 6.07) is 5.78. The van der Waals surface area contributed by atoms with E-state index in [4.69, 9.17) is 15.2 Å². The maximum absolute atomic E-state index is 16.3. The molecule has 41 heavy (non-hydrogen) atoms. The highest BCUT2D eigenvalue weighted by molar-refractivity contribution is 5.98. The van der Waals surface area contributed by atoms with Gasteiger partial charge in [-0.25, -0.2) is 14.0 Å². The fraction of sp³-hybridized carbons (Fsp3) is 0.433. The zero-order valence-electron chi connectivity index (χ0n) is 23.5. The van der Waals surface area contributed by atoms with Crippen LogP contribution in [0.2, 0.25) is 0 Å². The van der Waals surface area contributed by atoms with Gasteiger partial charge in [0.15, 0.2) is 11.6 Å². The second-order valence-electron chi connectivity index (χ2n) is 10.6. The van der Waals surface area contributed by atoms with Gasteiger partial charge in [-0.15, -0.1) is 0 Å². The van der Waals surface area contributed by atoms with Gasteiger partial charge < -0.3 is 29.8 Å². The molecule has 1 fully saturated rings. The predicted octanol–water partition coefficient (Wildman–Crippen LogP) is 4.19. The number of halogens is 1. The van der Waals surface area contributed by atoms with E-state index in [1.165, 1.54) is 20.2 Å². The van der Waals surface area contributed by atoms with Crippen LogP contribution in [0.4, 0.5) is 20.6 Å². The zero-order valence-corrected chi connectivity index (χ0v) is 23.5. The molecular weight excluding hydrogens is 531 g/mol. The second kappa shape index (κ2) is 11.4. The van der Waals surface area contributed by atoms with Gasteiger partial charge in [-0.3, -0.25) is 9.69 Å². The van der Waals surface area contributed by atoms with Crippen molar-refractivity contribution < 1.29 is 28.6 Å².